The number of halogens is 1. The van der Waals surface area contributed by atoms with E-state index in [2.05, 4.69) is 72.0 Å². The molecule has 0 aromatic heterocycles. The van der Waals surface area contributed by atoms with Gasteiger partial charge < -0.3 is 10.2 Å². The van der Waals surface area contributed by atoms with Gasteiger partial charge in [0.15, 0.2) is 0 Å². The summed E-state index contributed by atoms with van der Waals surface area (Å²) >= 11 is 3.63. The fraction of sp³-hybridized carbons (Fsp3) is 0.600. The Morgan fingerprint density at radius 3 is 2.78 bits per heavy atom. The molecule has 1 aliphatic rings. The maximum atomic E-state index is 3.69. The van der Waals surface area contributed by atoms with Crippen molar-refractivity contribution in [3.8, 4) is 0 Å². The summed E-state index contributed by atoms with van der Waals surface area (Å²) in [6.07, 6.45) is 1.19. The van der Waals surface area contributed by atoms with Crippen LogP contribution in [0.1, 0.15) is 32.8 Å². The van der Waals surface area contributed by atoms with Gasteiger partial charge in [-0.3, -0.25) is 0 Å². The van der Waals surface area contributed by atoms with Gasteiger partial charge in [0.25, 0.3) is 0 Å². The third-order valence-electron chi connectivity index (χ3n) is 3.58. The van der Waals surface area contributed by atoms with E-state index in [9.17, 15) is 0 Å². The molecule has 18 heavy (non-hydrogen) atoms. The van der Waals surface area contributed by atoms with E-state index in [0.29, 0.717) is 6.04 Å². The SMILES string of the molecule is Cc1ccc(N2CCC(C)NC(C)(C)C2)cc1Br. The Morgan fingerprint density at radius 2 is 2.11 bits per heavy atom. The van der Waals surface area contributed by atoms with Crippen molar-refractivity contribution in [3.63, 3.8) is 0 Å². The lowest BCUT2D eigenvalue weighted by atomic mass is 10.0. The van der Waals surface area contributed by atoms with Gasteiger partial charge in [-0.25, -0.2) is 0 Å². The lowest BCUT2D eigenvalue weighted by molar-refractivity contribution is 0.368. The quantitative estimate of drug-likeness (QED) is 0.850. The number of nitrogens with zero attached hydrogens (tertiary/aromatic N) is 1. The zero-order valence-electron chi connectivity index (χ0n) is 11.8. The topological polar surface area (TPSA) is 15.3 Å². The van der Waals surface area contributed by atoms with E-state index in [0.717, 1.165) is 13.1 Å². The maximum Gasteiger partial charge on any atom is 0.0378 e. The lowest BCUT2D eigenvalue weighted by Crippen LogP contribution is -2.48. The first-order valence-corrected chi connectivity index (χ1v) is 7.45. The van der Waals surface area contributed by atoms with Crippen molar-refractivity contribution < 1.29 is 0 Å². The number of nitrogens with one attached hydrogen (secondary N) is 1. The number of hydrogen-bond acceptors (Lipinski definition) is 2. The average Bonchev–Trinajstić information content (AvgIpc) is 2.40. The molecule has 0 amide bonds. The molecule has 3 heteroatoms. The molecule has 0 radical (unpaired) electrons. The minimum Gasteiger partial charge on any atom is -0.370 e. The van der Waals surface area contributed by atoms with Crippen LogP contribution in [0.2, 0.25) is 0 Å². The van der Waals surface area contributed by atoms with E-state index in [-0.39, 0.29) is 5.54 Å². The normalized spacial score (nSPS) is 23.8. The van der Waals surface area contributed by atoms with E-state index < -0.39 is 0 Å². The average molecular weight is 311 g/mol. The van der Waals surface area contributed by atoms with Crippen LogP contribution >= 0.6 is 15.9 Å². The highest BCUT2D eigenvalue weighted by Gasteiger charge is 2.27. The van der Waals surface area contributed by atoms with Crippen molar-refractivity contribution in [1.82, 2.24) is 5.32 Å². The van der Waals surface area contributed by atoms with Crippen LogP contribution < -0.4 is 10.2 Å². The predicted octanol–water partition coefficient (Wildman–Crippen LogP) is 3.72. The molecule has 0 spiro atoms. The zero-order valence-corrected chi connectivity index (χ0v) is 13.3. The summed E-state index contributed by atoms with van der Waals surface area (Å²) in [5.74, 6) is 0. The smallest absolute Gasteiger partial charge is 0.0378 e. The van der Waals surface area contributed by atoms with Crippen molar-refractivity contribution in [2.45, 2.75) is 45.7 Å². The van der Waals surface area contributed by atoms with Crippen molar-refractivity contribution in [2.24, 2.45) is 0 Å². The maximum absolute atomic E-state index is 3.69. The minimum absolute atomic E-state index is 0.160. The lowest BCUT2D eigenvalue weighted by Gasteiger charge is -2.32. The Hall–Kier alpha value is -0.540. The first-order chi connectivity index (χ1) is 8.37. The van der Waals surface area contributed by atoms with Crippen LogP contribution in [0.4, 0.5) is 5.69 Å². The molecule has 1 atom stereocenters. The summed E-state index contributed by atoms with van der Waals surface area (Å²) in [6, 6.07) is 7.24. The largest absolute Gasteiger partial charge is 0.370 e. The summed E-state index contributed by atoms with van der Waals surface area (Å²) < 4.78 is 1.20. The molecule has 2 nitrogen and oxygen atoms in total. The van der Waals surface area contributed by atoms with E-state index in [1.165, 1.54) is 22.1 Å². The number of anilines is 1. The van der Waals surface area contributed by atoms with Gasteiger partial charge in [-0.1, -0.05) is 22.0 Å². The number of aryl methyl sites for hydroxylation is 1. The second-order valence-electron chi connectivity index (χ2n) is 6.07. The van der Waals surface area contributed by atoms with Crippen molar-refractivity contribution in [3.05, 3.63) is 28.2 Å². The van der Waals surface area contributed by atoms with Crippen molar-refractivity contribution in [2.75, 3.05) is 18.0 Å². The Balaban J connectivity index is 2.23. The van der Waals surface area contributed by atoms with Gasteiger partial charge in [-0.15, -0.1) is 0 Å². The van der Waals surface area contributed by atoms with Gasteiger partial charge >= 0.3 is 0 Å². The summed E-state index contributed by atoms with van der Waals surface area (Å²) in [7, 11) is 0. The van der Waals surface area contributed by atoms with Gasteiger partial charge in [-0.2, -0.15) is 0 Å². The molecule has 0 aliphatic carbocycles. The van der Waals surface area contributed by atoms with E-state index in [1.54, 1.807) is 0 Å². The summed E-state index contributed by atoms with van der Waals surface area (Å²) in [4.78, 5) is 2.49. The Morgan fingerprint density at radius 1 is 1.39 bits per heavy atom. The first kappa shape index (κ1) is 13.9. The van der Waals surface area contributed by atoms with Crippen LogP contribution in [-0.4, -0.2) is 24.7 Å². The third-order valence-corrected chi connectivity index (χ3v) is 4.43. The first-order valence-electron chi connectivity index (χ1n) is 6.66. The van der Waals surface area contributed by atoms with Gasteiger partial charge in [0.05, 0.1) is 0 Å². The third kappa shape index (κ3) is 3.27. The van der Waals surface area contributed by atoms with Crippen LogP contribution in [0, 0.1) is 6.92 Å². The van der Waals surface area contributed by atoms with Crippen LogP contribution in [-0.2, 0) is 0 Å². The molecule has 1 aliphatic heterocycles. The van der Waals surface area contributed by atoms with Crippen LogP contribution in [0.15, 0.2) is 22.7 Å². The summed E-state index contributed by atoms with van der Waals surface area (Å²) in [6.45, 7) is 11.1. The van der Waals surface area contributed by atoms with Crippen LogP contribution in [0.5, 0.6) is 0 Å². The van der Waals surface area contributed by atoms with Crippen molar-refractivity contribution in [1.29, 1.82) is 0 Å². The Bertz CT molecular complexity index is 429. The van der Waals surface area contributed by atoms with Gasteiger partial charge in [-0.05, 0) is 51.8 Å². The number of benzene rings is 1. The second kappa shape index (κ2) is 5.22. The molecule has 1 unspecified atom stereocenters. The Kier molecular flexibility index (Phi) is 4.02. The molecule has 1 aromatic carbocycles. The number of rotatable bonds is 1. The molecule has 1 heterocycles. The van der Waals surface area contributed by atoms with E-state index in [4.69, 9.17) is 0 Å². The molecule has 1 saturated heterocycles. The number of hydrogen-bond donors (Lipinski definition) is 1. The molecule has 0 bridgehead atoms. The monoisotopic (exact) mass is 310 g/mol. The fourth-order valence-corrected chi connectivity index (χ4v) is 3.06. The highest BCUT2D eigenvalue weighted by Crippen LogP contribution is 2.26. The van der Waals surface area contributed by atoms with Crippen LogP contribution in [0.3, 0.4) is 0 Å². The predicted molar refractivity (Wildman–Crippen MR) is 82.4 cm³/mol. The van der Waals surface area contributed by atoms with Gasteiger partial charge in [0, 0.05) is 34.8 Å². The van der Waals surface area contributed by atoms with Gasteiger partial charge in [0.1, 0.15) is 0 Å². The zero-order chi connectivity index (χ0) is 13.3. The summed E-state index contributed by atoms with van der Waals surface area (Å²) in [5.41, 5.74) is 2.77. The van der Waals surface area contributed by atoms with Crippen LogP contribution in [0.25, 0.3) is 0 Å². The standard InChI is InChI=1S/C15H23BrN2/c1-11-5-6-13(9-14(11)16)18-8-7-12(2)17-15(3,4)10-18/h5-6,9,12,17H,7-8,10H2,1-4H3. The molecule has 0 saturated carbocycles. The van der Waals surface area contributed by atoms with Crippen molar-refractivity contribution >= 4 is 21.6 Å². The van der Waals surface area contributed by atoms with E-state index in [1.807, 2.05) is 0 Å². The fourth-order valence-electron chi connectivity index (χ4n) is 2.69. The molecule has 100 valence electrons. The highest BCUT2D eigenvalue weighted by molar-refractivity contribution is 9.10. The molecule has 1 aromatic rings. The van der Waals surface area contributed by atoms with E-state index >= 15 is 0 Å². The molecular weight excluding hydrogens is 288 g/mol. The van der Waals surface area contributed by atoms with Gasteiger partial charge in [0.2, 0.25) is 0 Å². The highest BCUT2D eigenvalue weighted by atomic mass is 79.9. The minimum atomic E-state index is 0.160. The Labute approximate surface area is 119 Å². The summed E-state index contributed by atoms with van der Waals surface area (Å²) in [5, 5.41) is 3.69. The molecule has 1 fully saturated rings. The second-order valence-corrected chi connectivity index (χ2v) is 6.93. The molecule has 2 rings (SSSR count). The molecule has 1 N–H and O–H groups in total. The molecular formula is C15H23BrN2.